The van der Waals surface area contributed by atoms with E-state index in [0.717, 1.165) is 51.6 Å². The number of hydrogen-bond acceptors (Lipinski definition) is 4. The Morgan fingerprint density at radius 2 is 1.73 bits per heavy atom. The van der Waals surface area contributed by atoms with E-state index in [9.17, 15) is 13.2 Å². The van der Waals surface area contributed by atoms with Crippen LogP contribution < -0.4 is 15.4 Å². The second-order valence-corrected chi connectivity index (χ2v) is 8.76. The van der Waals surface area contributed by atoms with E-state index in [4.69, 9.17) is 0 Å². The van der Waals surface area contributed by atoms with Gasteiger partial charge in [-0.25, -0.2) is 13.1 Å². The fraction of sp³-hybridized carbons (Fsp3) is 0.611. The Labute approximate surface area is 162 Å². The summed E-state index contributed by atoms with van der Waals surface area (Å²) in [4.78, 5) is 12.7. The molecule has 1 aliphatic carbocycles. The molecule has 1 aromatic carbocycles. The van der Waals surface area contributed by atoms with E-state index in [-0.39, 0.29) is 35.3 Å². The van der Waals surface area contributed by atoms with Crippen LogP contribution in [0.15, 0.2) is 23.1 Å². The first-order valence-electron chi connectivity index (χ1n) is 9.10. The molecule has 1 amide bonds. The minimum absolute atomic E-state index is 0. The van der Waals surface area contributed by atoms with Crippen LogP contribution in [-0.2, 0) is 10.0 Å². The molecule has 3 rings (SSSR count). The Hall–Kier alpha value is -1.15. The maximum atomic E-state index is 12.7. The number of carbonyl (C=O) groups excluding carboxylic acids is 1. The topological polar surface area (TPSA) is 87.3 Å². The van der Waals surface area contributed by atoms with E-state index < -0.39 is 10.0 Å². The minimum atomic E-state index is -3.60. The van der Waals surface area contributed by atoms with Gasteiger partial charge in [-0.2, -0.15) is 0 Å². The number of benzene rings is 1. The average molecular weight is 402 g/mol. The quantitative estimate of drug-likeness (QED) is 0.705. The van der Waals surface area contributed by atoms with Crippen molar-refractivity contribution in [2.75, 3.05) is 13.1 Å². The molecule has 3 N–H and O–H groups in total. The Morgan fingerprint density at radius 1 is 1.08 bits per heavy atom. The zero-order chi connectivity index (χ0) is 17.9. The van der Waals surface area contributed by atoms with Gasteiger partial charge in [-0.1, -0.05) is 18.9 Å². The van der Waals surface area contributed by atoms with Gasteiger partial charge in [0.15, 0.2) is 0 Å². The highest BCUT2D eigenvalue weighted by Crippen LogP contribution is 2.23. The molecule has 0 spiro atoms. The van der Waals surface area contributed by atoms with Gasteiger partial charge in [0.05, 0.1) is 4.90 Å². The summed E-state index contributed by atoms with van der Waals surface area (Å²) in [5.74, 6) is -0.204. The van der Waals surface area contributed by atoms with Crippen molar-refractivity contribution in [3.05, 3.63) is 29.3 Å². The summed E-state index contributed by atoms with van der Waals surface area (Å²) < 4.78 is 28.2. The number of sulfonamides is 1. The summed E-state index contributed by atoms with van der Waals surface area (Å²) in [6.45, 7) is 3.55. The second-order valence-electron chi connectivity index (χ2n) is 7.08. The zero-order valence-electron chi connectivity index (χ0n) is 15.1. The number of rotatable bonds is 5. The van der Waals surface area contributed by atoms with Crippen LogP contribution in [0.2, 0.25) is 0 Å². The Balaban J connectivity index is 0.00000243. The van der Waals surface area contributed by atoms with Gasteiger partial charge >= 0.3 is 0 Å². The van der Waals surface area contributed by atoms with Gasteiger partial charge in [-0.05, 0) is 63.4 Å². The number of amides is 1. The van der Waals surface area contributed by atoms with E-state index >= 15 is 0 Å². The van der Waals surface area contributed by atoms with Crippen LogP contribution in [0.3, 0.4) is 0 Å². The molecule has 1 aromatic rings. The van der Waals surface area contributed by atoms with Gasteiger partial charge in [-0.15, -0.1) is 12.4 Å². The van der Waals surface area contributed by atoms with Crippen molar-refractivity contribution < 1.29 is 13.2 Å². The van der Waals surface area contributed by atoms with E-state index in [2.05, 4.69) is 15.4 Å². The van der Waals surface area contributed by atoms with Crippen LogP contribution in [0.1, 0.15) is 54.4 Å². The van der Waals surface area contributed by atoms with Crippen LogP contribution in [0.4, 0.5) is 0 Å². The molecular weight excluding hydrogens is 374 g/mol. The number of piperidine rings is 1. The predicted molar refractivity (Wildman–Crippen MR) is 104 cm³/mol. The lowest BCUT2D eigenvalue weighted by atomic mass is 10.1. The molecule has 1 heterocycles. The van der Waals surface area contributed by atoms with Crippen molar-refractivity contribution in [3.63, 3.8) is 0 Å². The number of carbonyl (C=O) groups is 1. The first-order valence-corrected chi connectivity index (χ1v) is 10.6. The molecule has 0 unspecified atom stereocenters. The van der Waals surface area contributed by atoms with Gasteiger partial charge < -0.3 is 10.6 Å². The lowest BCUT2D eigenvalue weighted by Crippen LogP contribution is -2.42. The molecule has 1 saturated heterocycles. The molecular formula is C18H28ClN3O3S. The third-order valence-corrected chi connectivity index (χ3v) is 6.75. The normalized spacial score (nSPS) is 19.1. The van der Waals surface area contributed by atoms with Crippen LogP contribution in [0, 0.1) is 6.92 Å². The fourth-order valence-electron chi connectivity index (χ4n) is 3.59. The molecule has 0 aromatic heterocycles. The Morgan fingerprint density at radius 3 is 2.38 bits per heavy atom. The Kier molecular flexibility index (Phi) is 7.46. The number of hydrogen-bond donors (Lipinski definition) is 3. The van der Waals surface area contributed by atoms with Crippen molar-refractivity contribution in [1.82, 2.24) is 15.4 Å². The average Bonchev–Trinajstić information content (AvgIpc) is 3.08. The summed E-state index contributed by atoms with van der Waals surface area (Å²) in [5.41, 5.74) is 1.06. The van der Waals surface area contributed by atoms with Gasteiger partial charge in [0.1, 0.15) is 0 Å². The number of nitrogens with one attached hydrogen (secondary N) is 3. The standard InChI is InChI=1S/C18H27N3O3S.ClH/c1-13-6-7-14(18(22)20-15-8-10-19-11-9-15)12-17(13)25(23,24)21-16-4-2-3-5-16;/h6-7,12,15-16,19,21H,2-5,8-11H2,1H3,(H,20,22);1H. The molecule has 0 bridgehead atoms. The Bertz CT molecular complexity index is 727. The van der Waals surface area contributed by atoms with Gasteiger partial charge in [0.25, 0.3) is 5.91 Å². The highest BCUT2D eigenvalue weighted by molar-refractivity contribution is 7.89. The van der Waals surface area contributed by atoms with Gasteiger partial charge in [0, 0.05) is 17.6 Å². The van der Waals surface area contributed by atoms with Gasteiger partial charge in [-0.3, -0.25) is 4.79 Å². The summed E-state index contributed by atoms with van der Waals surface area (Å²) in [5, 5.41) is 6.27. The molecule has 0 radical (unpaired) electrons. The fourth-order valence-corrected chi connectivity index (χ4v) is 5.17. The molecule has 1 aliphatic heterocycles. The third kappa shape index (κ3) is 5.19. The third-order valence-electron chi connectivity index (χ3n) is 5.09. The highest BCUT2D eigenvalue weighted by Gasteiger charge is 2.25. The number of aryl methyl sites for hydroxylation is 1. The summed E-state index contributed by atoms with van der Waals surface area (Å²) in [6, 6.07) is 5.06. The lowest BCUT2D eigenvalue weighted by molar-refractivity contribution is 0.0929. The molecule has 1 saturated carbocycles. The first-order chi connectivity index (χ1) is 12.0. The lowest BCUT2D eigenvalue weighted by Gasteiger charge is -2.23. The van der Waals surface area contributed by atoms with Crippen molar-refractivity contribution >= 4 is 28.3 Å². The molecule has 6 nitrogen and oxygen atoms in total. The molecule has 2 aliphatic rings. The van der Waals surface area contributed by atoms with Crippen LogP contribution >= 0.6 is 12.4 Å². The number of halogens is 1. The van der Waals surface area contributed by atoms with Crippen molar-refractivity contribution in [2.24, 2.45) is 0 Å². The van der Waals surface area contributed by atoms with E-state index in [1.165, 1.54) is 6.07 Å². The van der Waals surface area contributed by atoms with Crippen LogP contribution in [0.5, 0.6) is 0 Å². The first kappa shape index (κ1) is 21.2. The maximum Gasteiger partial charge on any atom is 0.251 e. The molecule has 8 heteroatoms. The summed E-state index contributed by atoms with van der Waals surface area (Å²) in [6.07, 6.45) is 5.68. The van der Waals surface area contributed by atoms with Gasteiger partial charge in [0.2, 0.25) is 10.0 Å². The molecule has 146 valence electrons. The van der Waals surface area contributed by atoms with E-state index in [1.54, 1.807) is 19.1 Å². The van der Waals surface area contributed by atoms with E-state index in [0.29, 0.717) is 11.1 Å². The van der Waals surface area contributed by atoms with Crippen LogP contribution in [0.25, 0.3) is 0 Å². The smallest absolute Gasteiger partial charge is 0.251 e. The van der Waals surface area contributed by atoms with Crippen molar-refractivity contribution in [1.29, 1.82) is 0 Å². The SMILES string of the molecule is Cc1ccc(C(=O)NC2CCNCC2)cc1S(=O)(=O)NC1CCCC1.Cl. The largest absolute Gasteiger partial charge is 0.349 e. The van der Waals surface area contributed by atoms with Crippen LogP contribution in [-0.4, -0.2) is 39.5 Å². The van der Waals surface area contributed by atoms with E-state index in [1.807, 2.05) is 0 Å². The minimum Gasteiger partial charge on any atom is -0.349 e. The molecule has 2 fully saturated rings. The zero-order valence-corrected chi connectivity index (χ0v) is 16.7. The molecule has 0 atom stereocenters. The molecule has 26 heavy (non-hydrogen) atoms. The summed E-state index contributed by atoms with van der Waals surface area (Å²) in [7, 11) is -3.60. The summed E-state index contributed by atoms with van der Waals surface area (Å²) >= 11 is 0. The monoisotopic (exact) mass is 401 g/mol. The maximum absolute atomic E-state index is 12.7. The van der Waals surface area contributed by atoms with Crippen molar-refractivity contribution in [3.8, 4) is 0 Å². The highest BCUT2D eigenvalue weighted by atomic mass is 35.5. The predicted octanol–water partition coefficient (Wildman–Crippen LogP) is 2.12. The van der Waals surface area contributed by atoms with Crippen molar-refractivity contribution in [2.45, 2.75) is 62.4 Å². The second kappa shape index (κ2) is 9.17.